The van der Waals surface area contributed by atoms with Crippen LogP contribution in [0, 0.1) is 0 Å². The van der Waals surface area contributed by atoms with E-state index in [2.05, 4.69) is 30.9 Å². The molecule has 0 unspecified atom stereocenters. The number of rotatable bonds is 5. The highest BCUT2D eigenvalue weighted by Crippen LogP contribution is 2.24. The summed E-state index contributed by atoms with van der Waals surface area (Å²) in [4.78, 5) is 27.9. The molecule has 32 heavy (non-hydrogen) atoms. The smallest absolute Gasteiger partial charge is 0.254 e. The molecule has 0 radical (unpaired) electrons. The molecule has 0 bridgehead atoms. The molecule has 4 aromatic rings. The average Bonchev–Trinajstić information content (AvgIpc) is 3.33. The second kappa shape index (κ2) is 8.76. The van der Waals surface area contributed by atoms with E-state index in [0.717, 1.165) is 48.9 Å². The molecule has 1 aliphatic rings. The van der Waals surface area contributed by atoms with Crippen LogP contribution in [0.25, 0.3) is 17.0 Å². The maximum absolute atomic E-state index is 12.7. The van der Waals surface area contributed by atoms with Gasteiger partial charge in [0.05, 0.1) is 12.2 Å². The summed E-state index contributed by atoms with van der Waals surface area (Å²) in [5, 5.41) is 4.38. The number of aromatic nitrogens is 4. The normalized spacial score (nSPS) is 14.6. The van der Waals surface area contributed by atoms with Crippen LogP contribution < -0.4 is 9.80 Å². The van der Waals surface area contributed by atoms with Crippen molar-refractivity contribution in [3.63, 3.8) is 0 Å². The minimum absolute atomic E-state index is 0.0959. The molecule has 5 rings (SSSR count). The molecule has 162 valence electrons. The molecule has 0 spiro atoms. The second-order valence-corrected chi connectivity index (χ2v) is 7.89. The van der Waals surface area contributed by atoms with Gasteiger partial charge in [0.15, 0.2) is 0 Å². The molecular weight excluding hydrogens is 402 g/mol. The summed E-state index contributed by atoms with van der Waals surface area (Å²) < 4.78 is 1.79. The van der Waals surface area contributed by atoms with Crippen molar-refractivity contribution in [2.75, 3.05) is 49.6 Å². The number of para-hydroxylation sites is 1. The zero-order valence-electron chi connectivity index (χ0n) is 18.0. The van der Waals surface area contributed by atoms with Gasteiger partial charge in [-0.1, -0.05) is 48.5 Å². The molecule has 3 heterocycles. The van der Waals surface area contributed by atoms with Gasteiger partial charge in [0, 0.05) is 50.5 Å². The van der Waals surface area contributed by atoms with Crippen molar-refractivity contribution >= 4 is 23.2 Å². The van der Waals surface area contributed by atoms with E-state index in [4.69, 9.17) is 0 Å². The summed E-state index contributed by atoms with van der Waals surface area (Å²) in [6.45, 7) is 3.61. The summed E-state index contributed by atoms with van der Waals surface area (Å²) in [5.41, 5.74) is 2.84. The van der Waals surface area contributed by atoms with Crippen LogP contribution in [0.1, 0.15) is 0 Å². The van der Waals surface area contributed by atoms with Gasteiger partial charge in [-0.05, 0) is 12.1 Å². The van der Waals surface area contributed by atoms with E-state index in [1.165, 1.54) is 6.33 Å². The lowest BCUT2D eigenvalue weighted by Crippen LogP contribution is -2.50. The Kier molecular flexibility index (Phi) is 5.51. The van der Waals surface area contributed by atoms with E-state index in [1.807, 2.05) is 67.7 Å². The first-order valence-electron chi connectivity index (χ1n) is 10.7. The van der Waals surface area contributed by atoms with Gasteiger partial charge in [0.1, 0.15) is 12.1 Å². The Balaban J connectivity index is 1.29. The van der Waals surface area contributed by atoms with Crippen molar-refractivity contribution in [1.82, 2.24) is 24.5 Å². The van der Waals surface area contributed by atoms with Crippen molar-refractivity contribution in [3.05, 3.63) is 73.1 Å². The Labute approximate surface area is 186 Å². The highest BCUT2D eigenvalue weighted by atomic mass is 16.2. The van der Waals surface area contributed by atoms with Crippen molar-refractivity contribution < 1.29 is 4.79 Å². The fraction of sp³-hybridized carbons (Fsp3) is 0.250. The van der Waals surface area contributed by atoms with Crippen molar-refractivity contribution in [1.29, 1.82) is 0 Å². The van der Waals surface area contributed by atoms with Crippen LogP contribution in [0.5, 0.6) is 0 Å². The summed E-state index contributed by atoms with van der Waals surface area (Å²) in [5.74, 6) is 1.65. The fourth-order valence-corrected chi connectivity index (χ4v) is 4.01. The largest absolute Gasteiger partial charge is 0.354 e. The first-order chi connectivity index (χ1) is 15.7. The van der Waals surface area contributed by atoms with Gasteiger partial charge in [-0.25, -0.2) is 4.98 Å². The molecule has 0 saturated carbocycles. The third-order valence-electron chi connectivity index (χ3n) is 5.88. The summed E-state index contributed by atoms with van der Waals surface area (Å²) in [6, 6.07) is 21.9. The lowest BCUT2D eigenvalue weighted by atomic mass is 10.1. The maximum Gasteiger partial charge on any atom is 0.254 e. The van der Waals surface area contributed by atoms with Crippen molar-refractivity contribution in [2.24, 2.45) is 0 Å². The lowest BCUT2D eigenvalue weighted by molar-refractivity contribution is -0.119. The predicted molar refractivity (Wildman–Crippen MR) is 125 cm³/mol. The van der Waals surface area contributed by atoms with E-state index >= 15 is 0 Å². The molecule has 0 atom stereocenters. The number of piperazine rings is 1. The first-order valence-corrected chi connectivity index (χ1v) is 10.7. The number of likely N-dealkylation sites (N-methyl/N-ethyl adjacent to an activating group) is 1. The number of anilines is 2. The number of benzene rings is 2. The Hall–Kier alpha value is -3.78. The average molecular weight is 428 g/mol. The van der Waals surface area contributed by atoms with Crippen LogP contribution in [0.3, 0.4) is 0 Å². The van der Waals surface area contributed by atoms with Gasteiger partial charge in [-0.15, -0.1) is 0 Å². The third kappa shape index (κ3) is 4.04. The minimum Gasteiger partial charge on any atom is -0.354 e. The van der Waals surface area contributed by atoms with Crippen LogP contribution in [-0.2, 0) is 4.79 Å². The molecule has 1 amide bonds. The van der Waals surface area contributed by atoms with Crippen molar-refractivity contribution in [3.8, 4) is 11.3 Å². The molecule has 2 aromatic heterocycles. The molecule has 0 aliphatic carbocycles. The maximum atomic E-state index is 12.7. The van der Waals surface area contributed by atoms with E-state index < -0.39 is 0 Å². The third-order valence-corrected chi connectivity index (χ3v) is 5.88. The predicted octanol–water partition coefficient (Wildman–Crippen LogP) is 2.58. The fourth-order valence-electron chi connectivity index (χ4n) is 4.01. The molecule has 0 N–H and O–H groups in total. The topological polar surface area (TPSA) is 69.9 Å². The first kappa shape index (κ1) is 20.1. The van der Waals surface area contributed by atoms with E-state index in [0.29, 0.717) is 12.3 Å². The number of fused-ring (bicyclic) bond motifs is 1. The summed E-state index contributed by atoms with van der Waals surface area (Å²) in [7, 11) is 1.83. The van der Waals surface area contributed by atoms with E-state index in [-0.39, 0.29) is 5.91 Å². The minimum atomic E-state index is 0.0959. The van der Waals surface area contributed by atoms with Gasteiger partial charge in [0.25, 0.3) is 5.78 Å². The molecule has 1 aliphatic heterocycles. The molecule has 1 saturated heterocycles. The van der Waals surface area contributed by atoms with Crippen LogP contribution in [0.15, 0.2) is 73.1 Å². The zero-order chi connectivity index (χ0) is 21.9. The number of amides is 1. The molecule has 8 heteroatoms. The standard InChI is InChI=1S/C24H25N7O/c1-28(20-10-6-3-7-11-20)23(32)17-29-12-14-30(15-13-29)22-16-21(19-8-4-2-5-9-19)27-24-25-18-26-31(22)24/h2-11,16,18H,12-15,17H2,1H3. The molecule has 2 aromatic carbocycles. The molecule has 1 fully saturated rings. The second-order valence-electron chi connectivity index (χ2n) is 7.89. The van der Waals surface area contributed by atoms with Crippen LogP contribution in [0.4, 0.5) is 11.5 Å². The SMILES string of the molecule is CN(C(=O)CN1CCN(c2cc(-c3ccccc3)nc3ncnn23)CC1)c1ccccc1. The summed E-state index contributed by atoms with van der Waals surface area (Å²) in [6.07, 6.45) is 1.54. The van der Waals surface area contributed by atoms with Crippen LogP contribution >= 0.6 is 0 Å². The van der Waals surface area contributed by atoms with Gasteiger partial charge in [-0.3, -0.25) is 9.69 Å². The lowest BCUT2D eigenvalue weighted by Gasteiger charge is -2.36. The number of hydrogen-bond acceptors (Lipinski definition) is 6. The van der Waals surface area contributed by atoms with Gasteiger partial charge in [0.2, 0.25) is 5.91 Å². The number of hydrogen-bond donors (Lipinski definition) is 0. The zero-order valence-corrected chi connectivity index (χ0v) is 18.0. The molecule has 8 nitrogen and oxygen atoms in total. The van der Waals surface area contributed by atoms with Gasteiger partial charge < -0.3 is 9.80 Å². The van der Waals surface area contributed by atoms with Crippen LogP contribution in [0.2, 0.25) is 0 Å². The number of carbonyl (C=O) groups is 1. The molecular formula is C24H25N7O. The Morgan fingerprint density at radius 1 is 0.969 bits per heavy atom. The van der Waals surface area contributed by atoms with Crippen molar-refractivity contribution in [2.45, 2.75) is 0 Å². The number of nitrogens with zero attached hydrogens (tertiary/aromatic N) is 7. The van der Waals surface area contributed by atoms with Crippen LogP contribution in [-0.4, -0.2) is 70.2 Å². The van der Waals surface area contributed by atoms with E-state index in [9.17, 15) is 4.79 Å². The highest BCUT2D eigenvalue weighted by molar-refractivity contribution is 5.94. The highest BCUT2D eigenvalue weighted by Gasteiger charge is 2.23. The summed E-state index contributed by atoms with van der Waals surface area (Å²) >= 11 is 0. The number of carbonyl (C=O) groups excluding carboxylic acids is 1. The van der Waals surface area contributed by atoms with Gasteiger partial charge >= 0.3 is 0 Å². The van der Waals surface area contributed by atoms with Gasteiger partial charge in [-0.2, -0.15) is 14.6 Å². The Bertz CT molecular complexity index is 1200. The Morgan fingerprint density at radius 3 is 2.38 bits per heavy atom. The van der Waals surface area contributed by atoms with E-state index in [1.54, 1.807) is 9.42 Å². The quantitative estimate of drug-likeness (QED) is 0.488. The Morgan fingerprint density at radius 2 is 1.66 bits per heavy atom. The monoisotopic (exact) mass is 427 g/mol.